The summed E-state index contributed by atoms with van der Waals surface area (Å²) in [5.41, 5.74) is 1.06. The largest absolute Gasteiger partial charge is 0.289 e. The zero-order valence-electron chi connectivity index (χ0n) is 7.50. The molecule has 1 rings (SSSR count). The zero-order chi connectivity index (χ0) is 9.68. The quantitative estimate of drug-likeness (QED) is 0.691. The van der Waals surface area contributed by atoms with Gasteiger partial charge in [0.2, 0.25) is 0 Å². The van der Waals surface area contributed by atoms with Gasteiger partial charge in [-0.3, -0.25) is 4.90 Å². The number of nitrogens with zero attached hydrogens (tertiary/aromatic N) is 2. The molecule has 0 spiro atoms. The molecule has 1 aromatic carbocycles. The molecule has 0 atom stereocenters. The second kappa shape index (κ2) is 4.86. The van der Waals surface area contributed by atoms with Crippen LogP contribution in [0.1, 0.15) is 5.56 Å². The van der Waals surface area contributed by atoms with Gasteiger partial charge in [0.05, 0.1) is 12.6 Å². The first-order chi connectivity index (χ1) is 6.24. The molecule has 0 radical (unpaired) electrons. The summed E-state index contributed by atoms with van der Waals surface area (Å²) >= 11 is 5.96. The summed E-state index contributed by atoms with van der Waals surface area (Å²) in [4.78, 5) is 1.92. The van der Waals surface area contributed by atoms with Crippen molar-refractivity contribution in [3.05, 3.63) is 34.9 Å². The summed E-state index contributed by atoms with van der Waals surface area (Å²) in [6.07, 6.45) is 0. The highest BCUT2D eigenvalue weighted by molar-refractivity contribution is 6.31. The third-order valence-electron chi connectivity index (χ3n) is 1.74. The topological polar surface area (TPSA) is 27.0 Å². The van der Waals surface area contributed by atoms with Gasteiger partial charge in [-0.15, -0.1) is 0 Å². The molecule has 1 aromatic rings. The van der Waals surface area contributed by atoms with Crippen LogP contribution in [-0.2, 0) is 6.54 Å². The summed E-state index contributed by atoms with van der Waals surface area (Å²) in [6, 6.07) is 9.76. The van der Waals surface area contributed by atoms with Crippen LogP contribution >= 0.6 is 11.6 Å². The molecule has 0 aromatic heterocycles. The van der Waals surface area contributed by atoms with Crippen LogP contribution in [0.2, 0.25) is 5.02 Å². The molecule has 13 heavy (non-hydrogen) atoms. The molecule has 0 aliphatic heterocycles. The van der Waals surface area contributed by atoms with Crippen LogP contribution in [0.5, 0.6) is 0 Å². The van der Waals surface area contributed by atoms with Crippen molar-refractivity contribution in [3.63, 3.8) is 0 Å². The number of halogens is 1. The van der Waals surface area contributed by atoms with E-state index >= 15 is 0 Å². The predicted octanol–water partition coefficient (Wildman–Crippen LogP) is 2.30. The normalized spacial score (nSPS) is 10.0. The second-order valence-electron chi connectivity index (χ2n) is 2.92. The molecule has 0 heterocycles. The zero-order valence-corrected chi connectivity index (χ0v) is 8.25. The minimum Gasteiger partial charge on any atom is -0.289 e. The highest BCUT2D eigenvalue weighted by Crippen LogP contribution is 2.15. The molecule has 0 bridgehead atoms. The van der Waals surface area contributed by atoms with E-state index in [-0.39, 0.29) is 0 Å². The average Bonchev–Trinajstić information content (AvgIpc) is 2.09. The van der Waals surface area contributed by atoms with Crippen molar-refractivity contribution in [2.24, 2.45) is 0 Å². The Balaban J connectivity index is 2.64. The van der Waals surface area contributed by atoms with E-state index in [1.165, 1.54) is 0 Å². The SMILES string of the molecule is CN(CC#N)Cc1ccccc1Cl. The highest BCUT2D eigenvalue weighted by atomic mass is 35.5. The Morgan fingerprint density at radius 2 is 2.15 bits per heavy atom. The average molecular weight is 195 g/mol. The smallest absolute Gasteiger partial charge is 0.0866 e. The number of benzene rings is 1. The van der Waals surface area contributed by atoms with Crippen LogP contribution in [0.4, 0.5) is 0 Å². The van der Waals surface area contributed by atoms with Gasteiger partial charge in [0.25, 0.3) is 0 Å². The van der Waals surface area contributed by atoms with E-state index < -0.39 is 0 Å². The lowest BCUT2D eigenvalue weighted by Gasteiger charge is -2.12. The molecule has 0 N–H and O–H groups in total. The first-order valence-corrected chi connectivity index (χ1v) is 4.40. The summed E-state index contributed by atoms with van der Waals surface area (Å²) in [5, 5.41) is 9.22. The van der Waals surface area contributed by atoms with Gasteiger partial charge in [0, 0.05) is 11.6 Å². The Morgan fingerprint density at radius 1 is 1.46 bits per heavy atom. The number of nitriles is 1. The fraction of sp³-hybridized carbons (Fsp3) is 0.300. The lowest BCUT2D eigenvalue weighted by atomic mass is 10.2. The van der Waals surface area contributed by atoms with E-state index in [9.17, 15) is 0 Å². The highest BCUT2D eigenvalue weighted by Gasteiger charge is 2.02. The molecule has 0 fully saturated rings. The van der Waals surface area contributed by atoms with E-state index in [0.717, 1.165) is 10.6 Å². The second-order valence-corrected chi connectivity index (χ2v) is 3.33. The van der Waals surface area contributed by atoms with Gasteiger partial charge in [0.1, 0.15) is 0 Å². The van der Waals surface area contributed by atoms with Gasteiger partial charge >= 0.3 is 0 Å². The van der Waals surface area contributed by atoms with Gasteiger partial charge in [-0.2, -0.15) is 5.26 Å². The molecular formula is C10H11ClN2. The van der Waals surface area contributed by atoms with Gasteiger partial charge in [-0.1, -0.05) is 29.8 Å². The van der Waals surface area contributed by atoms with Crippen molar-refractivity contribution in [1.29, 1.82) is 5.26 Å². The molecule has 3 heteroatoms. The van der Waals surface area contributed by atoms with Crippen LogP contribution in [-0.4, -0.2) is 18.5 Å². The maximum Gasteiger partial charge on any atom is 0.0866 e. The first kappa shape index (κ1) is 10.0. The van der Waals surface area contributed by atoms with Crippen molar-refractivity contribution in [2.45, 2.75) is 6.54 Å². The summed E-state index contributed by atoms with van der Waals surface area (Å²) in [5.74, 6) is 0. The molecule has 0 amide bonds. The van der Waals surface area contributed by atoms with E-state index in [4.69, 9.17) is 16.9 Å². The van der Waals surface area contributed by atoms with Gasteiger partial charge in [-0.25, -0.2) is 0 Å². The fourth-order valence-corrected chi connectivity index (χ4v) is 1.29. The molecule has 0 aliphatic carbocycles. The molecule has 2 nitrogen and oxygen atoms in total. The number of hydrogen-bond donors (Lipinski definition) is 0. The van der Waals surface area contributed by atoms with Gasteiger partial charge < -0.3 is 0 Å². The number of hydrogen-bond acceptors (Lipinski definition) is 2. The maximum absolute atomic E-state index is 8.46. The standard InChI is InChI=1S/C10H11ClN2/c1-13(7-6-12)8-9-4-2-3-5-10(9)11/h2-5H,7-8H2,1H3. The van der Waals surface area contributed by atoms with Crippen molar-refractivity contribution in [2.75, 3.05) is 13.6 Å². The van der Waals surface area contributed by atoms with Gasteiger partial charge in [-0.05, 0) is 18.7 Å². The third kappa shape index (κ3) is 3.06. The molecule has 0 unspecified atom stereocenters. The van der Waals surface area contributed by atoms with Gasteiger partial charge in [0.15, 0.2) is 0 Å². The Bertz CT molecular complexity index is 317. The Labute approximate surface area is 83.3 Å². The lowest BCUT2D eigenvalue weighted by molar-refractivity contribution is 0.367. The Kier molecular flexibility index (Phi) is 3.75. The van der Waals surface area contributed by atoms with E-state index in [1.54, 1.807) is 0 Å². The molecule has 0 saturated heterocycles. The maximum atomic E-state index is 8.46. The van der Waals surface area contributed by atoms with Crippen molar-refractivity contribution in [1.82, 2.24) is 4.90 Å². The molecule has 0 saturated carbocycles. The number of rotatable bonds is 3. The predicted molar refractivity (Wildman–Crippen MR) is 53.4 cm³/mol. The van der Waals surface area contributed by atoms with E-state index in [1.807, 2.05) is 36.2 Å². The minimum atomic E-state index is 0.422. The van der Waals surface area contributed by atoms with Crippen LogP contribution < -0.4 is 0 Å². The molecule has 68 valence electrons. The third-order valence-corrected chi connectivity index (χ3v) is 2.11. The fourth-order valence-electron chi connectivity index (χ4n) is 1.09. The summed E-state index contributed by atoms with van der Waals surface area (Å²) < 4.78 is 0. The minimum absolute atomic E-state index is 0.422. The van der Waals surface area contributed by atoms with Crippen LogP contribution in [0.15, 0.2) is 24.3 Å². The first-order valence-electron chi connectivity index (χ1n) is 4.03. The molecular weight excluding hydrogens is 184 g/mol. The van der Waals surface area contributed by atoms with Crippen molar-refractivity contribution >= 4 is 11.6 Å². The van der Waals surface area contributed by atoms with Crippen molar-refractivity contribution in [3.8, 4) is 6.07 Å². The Hall–Kier alpha value is -1.04. The summed E-state index contributed by atoms with van der Waals surface area (Å²) in [6.45, 7) is 1.14. The van der Waals surface area contributed by atoms with E-state index in [0.29, 0.717) is 13.1 Å². The Morgan fingerprint density at radius 3 is 2.77 bits per heavy atom. The summed E-state index contributed by atoms with van der Waals surface area (Å²) in [7, 11) is 1.90. The van der Waals surface area contributed by atoms with Crippen LogP contribution in [0.25, 0.3) is 0 Å². The van der Waals surface area contributed by atoms with Crippen molar-refractivity contribution < 1.29 is 0 Å². The lowest BCUT2D eigenvalue weighted by Crippen LogP contribution is -2.17. The molecule has 0 aliphatic rings. The van der Waals surface area contributed by atoms with Crippen LogP contribution in [0, 0.1) is 11.3 Å². The monoisotopic (exact) mass is 194 g/mol. The van der Waals surface area contributed by atoms with Crippen LogP contribution in [0.3, 0.4) is 0 Å². The van der Waals surface area contributed by atoms with E-state index in [2.05, 4.69) is 6.07 Å².